The van der Waals surface area contributed by atoms with Crippen molar-refractivity contribution < 1.29 is 19.4 Å². The maximum absolute atomic E-state index is 13.4. The van der Waals surface area contributed by atoms with Crippen LogP contribution in [0.5, 0.6) is 5.75 Å². The van der Waals surface area contributed by atoms with E-state index in [0.29, 0.717) is 48.4 Å². The van der Waals surface area contributed by atoms with Gasteiger partial charge < -0.3 is 14.7 Å². The SMILES string of the molecule is Cc1ccc(OCCCc2sc(N3CCc4cccc(C(=O)Nc5nc6ccccc6s5)c4C3)nc2C(=O)O)cc1. The monoisotopic (exact) mass is 584 g/mol. The van der Waals surface area contributed by atoms with E-state index in [2.05, 4.69) is 20.2 Å². The van der Waals surface area contributed by atoms with Crippen molar-refractivity contribution in [2.75, 3.05) is 23.4 Å². The Morgan fingerprint density at radius 1 is 1.02 bits per heavy atom. The summed E-state index contributed by atoms with van der Waals surface area (Å²) in [4.78, 5) is 37.2. The maximum atomic E-state index is 13.4. The van der Waals surface area contributed by atoms with Crippen molar-refractivity contribution in [1.82, 2.24) is 9.97 Å². The topological polar surface area (TPSA) is 105 Å². The Balaban J connectivity index is 1.16. The first kappa shape index (κ1) is 26.9. The van der Waals surface area contributed by atoms with Gasteiger partial charge in [0, 0.05) is 23.5 Å². The summed E-state index contributed by atoms with van der Waals surface area (Å²) in [6, 6.07) is 21.4. The first-order chi connectivity index (χ1) is 19.9. The molecule has 2 N–H and O–H groups in total. The average molecular weight is 585 g/mol. The standard InChI is InChI=1S/C31H28N4O4S2/c1-19-11-13-21(14-12-19)39-17-5-10-26-27(29(37)38)33-31(41-26)35-16-15-20-6-4-7-22(23(20)18-35)28(36)34-30-32-24-8-2-3-9-25(24)40-30/h2-4,6-9,11-14H,5,10,15-18H2,1H3,(H,37,38)(H,32,34,36). The van der Waals surface area contributed by atoms with Gasteiger partial charge in [-0.25, -0.2) is 14.8 Å². The van der Waals surface area contributed by atoms with Gasteiger partial charge in [0.1, 0.15) is 5.75 Å². The second kappa shape index (κ2) is 11.7. The molecule has 1 aliphatic rings. The molecule has 208 valence electrons. The molecule has 5 aromatic rings. The molecule has 0 radical (unpaired) electrons. The predicted octanol–water partition coefficient (Wildman–Crippen LogP) is 6.59. The molecule has 3 heterocycles. The van der Waals surface area contributed by atoms with Crippen molar-refractivity contribution in [3.63, 3.8) is 0 Å². The lowest BCUT2D eigenvalue weighted by atomic mass is 9.94. The van der Waals surface area contributed by atoms with Crippen LogP contribution in [-0.2, 0) is 19.4 Å². The molecule has 0 unspecified atom stereocenters. The predicted molar refractivity (Wildman–Crippen MR) is 163 cm³/mol. The van der Waals surface area contributed by atoms with Crippen LogP contribution >= 0.6 is 22.7 Å². The molecule has 3 aromatic carbocycles. The lowest BCUT2D eigenvalue weighted by Crippen LogP contribution is -2.32. The van der Waals surface area contributed by atoms with Crippen LogP contribution in [-0.4, -0.2) is 40.1 Å². The largest absolute Gasteiger partial charge is 0.494 e. The number of aromatic nitrogens is 2. The number of thiazole rings is 2. The highest BCUT2D eigenvalue weighted by Gasteiger charge is 2.26. The highest BCUT2D eigenvalue weighted by molar-refractivity contribution is 7.22. The van der Waals surface area contributed by atoms with Gasteiger partial charge in [0.25, 0.3) is 5.91 Å². The number of aromatic carboxylic acids is 1. The van der Waals surface area contributed by atoms with E-state index in [1.54, 1.807) is 0 Å². The zero-order valence-corrected chi connectivity index (χ0v) is 24.1. The van der Waals surface area contributed by atoms with Crippen LogP contribution in [0, 0.1) is 6.92 Å². The lowest BCUT2D eigenvalue weighted by Gasteiger charge is -2.29. The molecule has 2 aromatic heterocycles. The number of para-hydroxylation sites is 1. The number of carboxylic acids is 1. The number of ether oxygens (including phenoxy) is 1. The van der Waals surface area contributed by atoms with Crippen molar-refractivity contribution in [2.45, 2.75) is 32.7 Å². The molecule has 0 saturated heterocycles. The normalized spacial score (nSPS) is 12.8. The third-order valence-corrected chi connectivity index (χ3v) is 9.16. The van der Waals surface area contributed by atoms with Crippen LogP contribution in [0.3, 0.4) is 0 Å². The summed E-state index contributed by atoms with van der Waals surface area (Å²) in [5, 5.41) is 14.0. The maximum Gasteiger partial charge on any atom is 0.355 e. The average Bonchev–Trinajstić information content (AvgIpc) is 3.59. The Morgan fingerprint density at radius 2 is 1.85 bits per heavy atom. The number of anilines is 2. The summed E-state index contributed by atoms with van der Waals surface area (Å²) in [5.41, 5.74) is 4.74. The van der Waals surface area contributed by atoms with Gasteiger partial charge in [-0.3, -0.25) is 10.1 Å². The zero-order chi connectivity index (χ0) is 28.3. The van der Waals surface area contributed by atoms with Gasteiger partial charge in [-0.1, -0.05) is 53.3 Å². The summed E-state index contributed by atoms with van der Waals surface area (Å²) in [6.07, 6.45) is 1.97. The van der Waals surface area contributed by atoms with Gasteiger partial charge in [-0.05, 0) is 67.6 Å². The number of fused-ring (bicyclic) bond motifs is 2. The number of aryl methyl sites for hydroxylation is 2. The first-order valence-electron chi connectivity index (χ1n) is 13.4. The molecule has 0 fully saturated rings. The minimum Gasteiger partial charge on any atom is -0.494 e. The van der Waals surface area contributed by atoms with Gasteiger partial charge in [0.05, 0.1) is 16.8 Å². The number of nitrogens with one attached hydrogen (secondary N) is 1. The molecule has 8 nitrogen and oxygen atoms in total. The lowest BCUT2D eigenvalue weighted by molar-refractivity contribution is 0.0690. The Hall–Kier alpha value is -4.28. The fraction of sp³-hybridized carbons (Fsp3) is 0.226. The number of carboxylic acid groups (broad SMARTS) is 1. The number of hydrogen-bond donors (Lipinski definition) is 2. The van der Waals surface area contributed by atoms with Crippen LogP contribution in [0.15, 0.2) is 66.7 Å². The van der Waals surface area contributed by atoms with E-state index in [-0.39, 0.29) is 11.6 Å². The number of amides is 1. The van der Waals surface area contributed by atoms with Crippen LogP contribution < -0.4 is 15.0 Å². The molecule has 0 bridgehead atoms. The Morgan fingerprint density at radius 3 is 2.66 bits per heavy atom. The first-order valence-corrected chi connectivity index (χ1v) is 15.0. The van der Waals surface area contributed by atoms with Crippen LogP contribution in [0.2, 0.25) is 0 Å². The summed E-state index contributed by atoms with van der Waals surface area (Å²) in [6.45, 7) is 3.68. The summed E-state index contributed by atoms with van der Waals surface area (Å²) in [5.74, 6) is -0.438. The van der Waals surface area contributed by atoms with Gasteiger partial charge in [0.2, 0.25) is 0 Å². The quantitative estimate of drug-likeness (QED) is 0.188. The van der Waals surface area contributed by atoms with Gasteiger partial charge in [-0.2, -0.15) is 0 Å². The second-order valence-corrected chi connectivity index (χ2v) is 12.0. The van der Waals surface area contributed by atoms with E-state index in [0.717, 1.165) is 38.4 Å². The second-order valence-electron chi connectivity index (χ2n) is 9.89. The minimum absolute atomic E-state index is 0.0907. The van der Waals surface area contributed by atoms with Gasteiger partial charge in [-0.15, -0.1) is 11.3 Å². The smallest absolute Gasteiger partial charge is 0.355 e. The third kappa shape index (κ3) is 5.94. The minimum atomic E-state index is -1.03. The molecule has 0 spiro atoms. The summed E-state index contributed by atoms with van der Waals surface area (Å²) < 4.78 is 6.84. The third-order valence-electron chi connectivity index (χ3n) is 7.03. The number of benzene rings is 3. The van der Waals surface area contributed by atoms with Crippen molar-refractivity contribution in [2.24, 2.45) is 0 Å². The van der Waals surface area contributed by atoms with Crippen LogP contribution in [0.25, 0.3) is 10.2 Å². The summed E-state index contributed by atoms with van der Waals surface area (Å²) >= 11 is 2.85. The molecule has 6 rings (SSSR count). The van der Waals surface area contributed by atoms with Gasteiger partial charge in [0.15, 0.2) is 16.0 Å². The van der Waals surface area contributed by atoms with Crippen molar-refractivity contribution in [3.8, 4) is 5.75 Å². The number of rotatable bonds is 9. The van der Waals surface area contributed by atoms with Gasteiger partial charge >= 0.3 is 5.97 Å². The molecular formula is C31H28N4O4S2. The fourth-order valence-electron chi connectivity index (χ4n) is 4.92. The van der Waals surface area contributed by atoms with E-state index in [1.807, 2.05) is 73.7 Å². The molecule has 1 aliphatic heterocycles. The van der Waals surface area contributed by atoms with Crippen molar-refractivity contribution in [3.05, 3.63) is 99.6 Å². The highest BCUT2D eigenvalue weighted by Crippen LogP contribution is 2.33. The highest BCUT2D eigenvalue weighted by atomic mass is 32.1. The summed E-state index contributed by atoms with van der Waals surface area (Å²) in [7, 11) is 0. The van der Waals surface area contributed by atoms with Crippen molar-refractivity contribution in [1.29, 1.82) is 0 Å². The Bertz CT molecular complexity index is 1700. The molecule has 10 heteroatoms. The van der Waals surface area contributed by atoms with Crippen LogP contribution in [0.1, 0.15) is 48.8 Å². The van der Waals surface area contributed by atoms with E-state index >= 15 is 0 Å². The van der Waals surface area contributed by atoms with E-state index in [4.69, 9.17) is 4.74 Å². The molecule has 1 amide bonds. The molecular weight excluding hydrogens is 556 g/mol. The Kier molecular flexibility index (Phi) is 7.67. The van der Waals surface area contributed by atoms with E-state index < -0.39 is 5.97 Å². The molecule has 0 atom stereocenters. The number of nitrogens with zero attached hydrogens (tertiary/aromatic N) is 3. The van der Waals surface area contributed by atoms with Crippen molar-refractivity contribution >= 4 is 55.0 Å². The fourth-order valence-corrected chi connectivity index (χ4v) is 6.89. The zero-order valence-electron chi connectivity index (χ0n) is 22.4. The molecule has 0 aliphatic carbocycles. The van der Waals surface area contributed by atoms with Crippen LogP contribution in [0.4, 0.5) is 10.3 Å². The molecule has 41 heavy (non-hydrogen) atoms. The van der Waals surface area contributed by atoms with E-state index in [1.165, 1.54) is 28.2 Å². The van der Waals surface area contributed by atoms with E-state index in [9.17, 15) is 14.7 Å². The number of hydrogen-bond acceptors (Lipinski definition) is 8. The molecule has 0 saturated carbocycles. The number of carbonyl (C=O) groups is 2. The Labute approximate surface area is 245 Å². The number of carbonyl (C=O) groups excluding carboxylic acids is 1.